The van der Waals surface area contributed by atoms with Crippen LogP contribution in [-0.4, -0.2) is 20.7 Å². The van der Waals surface area contributed by atoms with Gasteiger partial charge in [0, 0.05) is 24.7 Å². The van der Waals surface area contributed by atoms with Crippen molar-refractivity contribution in [3.8, 4) is 0 Å². The maximum atomic E-state index is 13.0. The quantitative estimate of drug-likeness (QED) is 0.344. The number of hydrogen-bond donors (Lipinski definition) is 2. The van der Waals surface area contributed by atoms with Crippen LogP contribution in [0.2, 0.25) is 5.02 Å². The van der Waals surface area contributed by atoms with Gasteiger partial charge in [0.2, 0.25) is 0 Å². The molecular weight excluding hydrogens is 458 g/mol. The minimum absolute atomic E-state index is 0.0181. The van der Waals surface area contributed by atoms with E-state index in [2.05, 4.69) is 10.6 Å². The van der Waals surface area contributed by atoms with E-state index in [0.29, 0.717) is 0 Å². The van der Waals surface area contributed by atoms with Crippen molar-refractivity contribution in [3.63, 3.8) is 0 Å². The van der Waals surface area contributed by atoms with Crippen molar-refractivity contribution in [2.24, 2.45) is 0 Å². The summed E-state index contributed by atoms with van der Waals surface area (Å²) in [4.78, 5) is 44.4. The summed E-state index contributed by atoms with van der Waals surface area (Å²) < 4.78 is 0. The summed E-state index contributed by atoms with van der Waals surface area (Å²) in [6.07, 6.45) is 0. The molecule has 0 spiro atoms. The number of nitrogens with zero attached hydrogens (tertiary/aromatic N) is 3. The van der Waals surface area contributed by atoms with Crippen LogP contribution in [-0.2, 0) is 6.54 Å². The first kappa shape index (κ1) is 23.1. The van der Waals surface area contributed by atoms with Gasteiger partial charge in [-0.05, 0) is 11.6 Å². The summed E-state index contributed by atoms with van der Waals surface area (Å²) in [5.41, 5.74) is -1.52. The maximum absolute atomic E-state index is 13.0. The van der Waals surface area contributed by atoms with Gasteiger partial charge in [-0.1, -0.05) is 41.9 Å². The van der Waals surface area contributed by atoms with Crippen LogP contribution in [0, 0.1) is 30.3 Å². The highest BCUT2D eigenvalue weighted by Crippen LogP contribution is 2.35. The van der Waals surface area contributed by atoms with Crippen LogP contribution in [0.15, 0.2) is 60.7 Å². The van der Waals surface area contributed by atoms with E-state index >= 15 is 0 Å². The van der Waals surface area contributed by atoms with E-state index in [9.17, 15) is 35.1 Å². The number of nitro groups is 3. The van der Waals surface area contributed by atoms with Crippen LogP contribution in [0.3, 0.4) is 0 Å². The molecule has 0 heterocycles. The highest BCUT2D eigenvalue weighted by molar-refractivity contribution is 6.34. The highest BCUT2D eigenvalue weighted by atomic mass is 35.5. The lowest BCUT2D eigenvalue weighted by Crippen LogP contribution is -2.17. The minimum atomic E-state index is -0.937. The van der Waals surface area contributed by atoms with Gasteiger partial charge in [-0.2, -0.15) is 0 Å². The third-order valence-corrected chi connectivity index (χ3v) is 4.79. The molecule has 0 radical (unpaired) electrons. The van der Waals surface area contributed by atoms with Crippen molar-refractivity contribution >= 4 is 45.9 Å². The van der Waals surface area contributed by atoms with Crippen molar-refractivity contribution < 1.29 is 19.6 Å². The normalized spacial score (nSPS) is 10.3. The van der Waals surface area contributed by atoms with Gasteiger partial charge >= 0.3 is 0 Å². The van der Waals surface area contributed by atoms with E-state index < -0.39 is 32.1 Å². The van der Waals surface area contributed by atoms with Crippen LogP contribution in [0.5, 0.6) is 0 Å². The predicted molar refractivity (Wildman–Crippen MR) is 120 cm³/mol. The van der Waals surface area contributed by atoms with Gasteiger partial charge in [-0.3, -0.25) is 35.1 Å². The number of benzene rings is 3. The highest BCUT2D eigenvalue weighted by Gasteiger charge is 2.28. The summed E-state index contributed by atoms with van der Waals surface area (Å²) in [5, 5.41) is 38.8. The Labute approximate surface area is 190 Å². The number of rotatable bonds is 8. The molecule has 12 nitrogen and oxygen atoms in total. The molecule has 0 aromatic heterocycles. The van der Waals surface area contributed by atoms with E-state index in [1.54, 1.807) is 30.3 Å². The molecular formula is C20H14ClN5O7. The van der Waals surface area contributed by atoms with Crippen molar-refractivity contribution in [2.75, 3.05) is 10.6 Å². The molecule has 0 bridgehead atoms. The van der Waals surface area contributed by atoms with E-state index in [-0.39, 0.29) is 34.2 Å². The van der Waals surface area contributed by atoms with Crippen LogP contribution in [0.1, 0.15) is 15.9 Å². The molecule has 13 heteroatoms. The molecule has 0 aliphatic carbocycles. The SMILES string of the molecule is O=C(Nc1ccc([N+](=O)[O-])cc1Cl)c1cc([N+](=O)[O-])cc([N+](=O)[O-])c1NCc1ccccc1. The van der Waals surface area contributed by atoms with Crippen molar-refractivity contribution in [1.82, 2.24) is 0 Å². The fourth-order valence-corrected chi connectivity index (χ4v) is 3.14. The molecule has 2 N–H and O–H groups in total. The number of carbonyl (C=O) groups is 1. The molecule has 0 saturated carbocycles. The van der Waals surface area contributed by atoms with Crippen LogP contribution in [0.4, 0.5) is 28.4 Å². The Hall–Kier alpha value is -4.58. The van der Waals surface area contributed by atoms with Gasteiger partial charge in [-0.15, -0.1) is 0 Å². The Morgan fingerprint density at radius 3 is 2.09 bits per heavy atom. The van der Waals surface area contributed by atoms with Gasteiger partial charge in [0.25, 0.3) is 23.0 Å². The molecule has 0 aliphatic heterocycles. The first-order valence-corrected chi connectivity index (χ1v) is 9.55. The fraction of sp³-hybridized carbons (Fsp3) is 0.0500. The first-order chi connectivity index (χ1) is 15.7. The standard InChI is InChI=1S/C20H14ClN5O7/c21-16-9-13(24(28)29)6-7-17(16)23-20(27)15-8-14(25(30)31)10-18(26(32)33)19(15)22-11-12-4-2-1-3-5-12/h1-10,22H,11H2,(H,23,27). The Kier molecular flexibility index (Phi) is 6.79. The molecule has 0 fully saturated rings. The summed E-state index contributed by atoms with van der Waals surface area (Å²) >= 11 is 6.00. The summed E-state index contributed by atoms with van der Waals surface area (Å²) in [7, 11) is 0. The number of halogens is 1. The fourth-order valence-electron chi connectivity index (χ4n) is 2.92. The third kappa shape index (κ3) is 5.37. The first-order valence-electron chi connectivity index (χ1n) is 9.17. The Bertz CT molecular complexity index is 1270. The van der Waals surface area contributed by atoms with Gasteiger partial charge in [0.15, 0.2) is 0 Å². The zero-order valence-electron chi connectivity index (χ0n) is 16.6. The zero-order chi connectivity index (χ0) is 24.1. The molecule has 3 rings (SSSR count). The molecule has 0 aliphatic rings. The molecule has 3 aromatic carbocycles. The number of carbonyl (C=O) groups excluding carboxylic acids is 1. The third-order valence-electron chi connectivity index (χ3n) is 4.48. The number of hydrogen-bond acceptors (Lipinski definition) is 8. The second-order valence-electron chi connectivity index (χ2n) is 6.62. The van der Waals surface area contributed by atoms with Gasteiger partial charge in [0.1, 0.15) is 5.69 Å². The smallest absolute Gasteiger partial charge is 0.300 e. The molecule has 0 unspecified atom stereocenters. The zero-order valence-corrected chi connectivity index (χ0v) is 17.3. The monoisotopic (exact) mass is 471 g/mol. The van der Waals surface area contributed by atoms with Crippen LogP contribution < -0.4 is 10.6 Å². The molecule has 1 amide bonds. The second-order valence-corrected chi connectivity index (χ2v) is 7.02. The predicted octanol–water partition coefficient (Wildman–Crippen LogP) is 4.93. The lowest BCUT2D eigenvalue weighted by Gasteiger charge is -2.13. The average Bonchev–Trinajstić information content (AvgIpc) is 2.78. The number of amides is 1. The number of nitrogens with one attached hydrogen (secondary N) is 2. The second kappa shape index (κ2) is 9.70. The van der Waals surface area contributed by atoms with Crippen LogP contribution in [0.25, 0.3) is 0 Å². The Balaban J connectivity index is 2.03. The molecule has 0 saturated heterocycles. The molecule has 168 valence electrons. The van der Waals surface area contributed by atoms with Crippen molar-refractivity contribution in [1.29, 1.82) is 0 Å². The lowest BCUT2D eigenvalue weighted by atomic mass is 10.1. The van der Waals surface area contributed by atoms with Gasteiger partial charge in [-0.25, -0.2) is 0 Å². The Morgan fingerprint density at radius 2 is 1.52 bits per heavy atom. The van der Waals surface area contributed by atoms with Crippen molar-refractivity contribution in [2.45, 2.75) is 6.54 Å². The minimum Gasteiger partial charge on any atom is -0.375 e. The van der Waals surface area contributed by atoms with E-state index in [1.165, 1.54) is 6.07 Å². The summed E-state index contributed by atoms with van der Waals surface area (Å²) in [6, 6.07) is 13.7. The van der Waals surface area contributed by atoms with E-state index in [1.807, 2.05) is 0 Å². The number of anilines is 2. The number of nitro benzene ring substituents is 3. The maximum Gasteiger partial charge on any atom is 0.300 e. The van der Waals surface area contributed by atoms with E-state index in [4.69, 9.17) is 11.6 Å². The molecule has 33 heavy (non-hydrogen) atoms. The average molecular weight is 472 g/mol. The van der Waals surface area contributed by atoms with Crippen molar-refractivity contribution in [3.05, 3.63) is 107 Å². The van der Waals surface area contributed by atoms with Gasteiger partial charge < -0.3 is 10.6 Å². The molecule has 0 atom stereocenters. The number of non-ortho nitro benzene ring substituents is 2. The molecule has 3 aromatic rings. The van der Waals surface area contributed by atoms with Gasteiger partial charge in [0.05, 0.1) is 37.1 Å². The summed E-state index contributed by atoms with van der Waals surface area (Å²) in [5.74, 6) is -0.937. The van der Waals surface area contributed by atoms with Crippen LogP contribution >= 0.6 is 11.6 Å². The Morgan fingerprint density at radius 1 is 0.848 bits per heavy atom. The van der Waals surface area contributed by atoms with E-state index in [0.717, 1.165) is 29.8 Å². The summed E-state index contributed by atoms with van der Waals surface area (Å²) in [6.45, 7) is 0.0953. The lowest BCUT2D eigenvalue weighted by molar-refractivity contribution is -0.393. The topological polar surface area (TPSA) is 171 Å². The largest absolute Gasteiger partial charge is 0.375 e.